The Balaban J connectivity index is 1.90. The fourth-order valence-corrected chi connectivity index (χ4v) is 3.24. The minimum atomic E-state index is -4.48. The maximum absolute atomic E-state index is 12.6. The Morgan fingerprint density at radius 1 is 1.40 bits per heavy atom. The van der Waals surface area contributed by atoms with Crippen LogP contribution in [0.15, 0.2) is 17.3 Å². The third kappa shape index (κ3) is 4.66. The Labute approximate surface area is 152 Å². The molecule has 0 atom stereocenters. The summed E-state index contributed by atoms with van der Waals surface area (Å²) in [6.07, 6.45) is -3.73. The van der Waals surface area contributed by atoms with Crippen molar-refractivity contribution in [3.8, 4) is 0 Å². The van der Waals surface area contributed by atoms with Gasteiger partial charge >= 0.3 is 6.18 Å². The number of hydrogen-bond donors (Lipinski definition) is 1. The molecule has 0 saturated carbocycles. The third-order valence-electron chi connectivity index (χ3n) is 3.50. The number of thioether (sulfide) groups is 1. The van der Waals surface area contributed by atoms with E-state index >= 15 is 0 Å². The molecule has 10 heteroatoms. The monoisotopic (exact) mass is 392 g/mol. The van der Waals surface area contributed by atoms with Crippen molar-refractivity contribution in [3.05, 3.63) is 39.8 Å². The molecule has 0 aliphatic rings. The minimum Gasteiger partial charge on any atom is -0.351 e. The van der Waals surface area contributed by atoms with Crippen molar-refractivity contribution in [1.82, 2.24) is 20.1 Å². The Hall–Kier alpha value is -1.74. The molecular weight excluding hydrogens is 377 g/mol. The van der Waals surface area contributed by atoms with E-state index < -0.39 is 11.7 Å². The van der Waals surface area contributed by atoms with Gasteiger partial charge in [-0.2, -0.15) is 18.3 Å². The van der Waals surface area contributed by atoms with Crippen LogP contribution in [0.2, 0.25) is 5.02 Å². The number of aryl methyl sites for hydroxylation is 2. The van der Waals surface area contributed by atoms with Crippen LogP contribution in [0.4, 0.5) is 13.2 Å². The molecule has 0 fully saturated rings. The van der Waals surface area contributed by atoms with Gasteiger partial charge in [-0.05, 0) is 19.9 Å². The SMILES string of the molecule is Cc1nn(C)c(C)c1C(=O)NCCSc1ncc(C(F)(F)F)cc1Cl. The van der Waals surface area contributed by atoms with Gasteiger partial charge in [0.05, 0.1) is 21.8 Å². The first kappa shape index (κ1) is 19.6. The van der Waals surface area contributed by atoms with Crippen molar-refractivity contribution in [3.63, 3.8) is 0 Å². The summed E-state index contributed by atoms with van der Waals surface area (Å²) in [6, 6.07) is 0.845. The molecule has 0 aromatic carbocycles. The van der Waals surface area contributed by atoms with E-state index in [-0.39, 0.29) is 16.0 Å². The van der Waals surface area contributed by atoms with Crippen LogP contribution < -0.4 is 5.32 Å². The van der Waals surface area contributed by atoms with E-state index in [1.54, 1.807) is 25.6 Å². The van der Waals surface area contributed by atoms with Gasteiger partial charge in [0.2, 0.25) is 0 Å². The smallest absolute Gasteiger partial charge is 0.351 e. The van der Waals surface area contributed by atoms with Crippen LogP contribution in [-0.2, 0) is 13.2 Å². The first-order valence-corrected chi connectivity index (χ1v) is 8.61. The maximum atomic E-state index is 12.6. The molecule has 0 aliphatic heterocycles. The number of carbonyl (C=O) groups is 1. The van der Waals surface area contributed by atoms with E-state index in [9.17, 15) is 18.0 Å². The molecule has 2 aromatic rings. The number of alkyl halides is 3. The van der Waals surface area contributed by atoms with Crippen molar-refractivity contribution < 1.29 is 18.0 Å². The number of nitrogens with one attached hydrogen (secondary N) is 1. The summed E-state index contributed by atoms with van der Waals surface area (Å²) in [5.41, 5.74) is 1.03. The first-order valence-electron chi connectivity index (χ1n) is 7.25. The van der Waals surface area contributed by atoms with Crippen LogP contribution in [0.25, 0.3) is 0 Å². The molecule has 0 spiro atoms. The largest absolute Gasteiger partial charge is 0.417 e. The van der Waals surface area contributed by atoms with Crippen LogP contribution in [0.1, 0.15) is 27.3 Å². The molecule has 0 unspecified atom stereocenters. The van der Waals surface area contributed by atoms with Gasteiger partial charge in [-0.15, -0.1) is 11.8 Å². The number of amides is 1. The predicted molar refractivity (Wildman–Crippen MR) is 90.0 cm³/mol. The number of rotatable bonds is 5. The van der Waals surface area contributed by atoms with E-state index in [2.05, 4.69) is 15.4 Å². The van der Waals surface area contributed by atoms with Crippen molar-refractivity contribution in [2.45, 2.75) is 25.0 Å². The van der Waals surface area contributed by atoms with E-state index in [1.165, 1.54) is 11.8 Å². The molecule has 1 amide bonds. The Morgan fingerprint density at radius 2 is 2.08 bits per heavy atom. The van der Waals surface area contributed by atoms with Gasteiger partial charge in [0.25, 0.3) is 5.91 Å². The summed E-state index contributed by atoms with van der Waals surface area (Å²) in [7, 11) is 1.76. The normalized spacial score (nSPS) is 11.6. The van der Waals surface area contributed by atoms with Gasteiger partial charge in [-0.25, -0.2) is 4.98 Å². The molecule has 1 N–H and O–H groups in total. The molecule has 5 nitrogen and oxygen atoms in total. The molecule has 2 aromatic heterocycles. The van der Waals surface area contributed by atoms with Crippen LogP contribution in [-0.4, -0.2) is 33.0 Å². The molecule has 2 heterocycles. The average molecular weight is 393 g/mol. The maximum Gasteiger partial charge on any atom is 0.417 e. The molecule has 0 aliphatic carbocycles. The second-order valence-corrected chi connectivity index (χ2v) is 6.77. The van der Waals surface area contributed by atoms with E-state index in [0.717, 1.165) is 18.0 Å². The topological polar surface area (TPSA) is 59.8 Å². The first-order chi connectivity index (χ1) is 11.6. The summed E-state index contributed by atoms with van der Waals surface area (Å²) in [6.45, 7) is 3.87. The lowest BCUT2D eigenvalue weighted by atomic mass is 10.2. The summed E-state index contributed by atoms with van der Waals surface area (Å²) in [5, 5.41) is 7.16. The number of halogens is 4. The second kappa shape index (κ2) is 7.65. The Kier molecular flexibility index (Phi) is 5.99. The quantitative estimate of drug-likeness (QED) is 0.623. The fourth-order valence-electron chi connectivity index (χ4n) is 2.19. The number of carbonyl (C=O) groups excluding carboxylic acids is 1. The number of pyridine rings is 1. The van der Waals surface area contributed by atoms with Crippen molar-refractivity contribution >= 4 is 29.3 Å². The summed E-state index contributed by atoms with van der Waals surface area (Å²) < 4.78 is 39.3. The summed E-state index contributed by atoms with van der Waals surface area (Å²) in [4.78, 5) is 15.9. The minimum absolute atomic E-state index is 0.0647. The zero-order chi connectivity index (χ0) is 18.8. The molecule has 0 saturated heterocycles. The van der Waals surface area contributed by atoms with Gasteiger partial charge in [0.15, 0.2) is 0 Å². The molecule has 25 heavy (non-hydrogen) atoms. The third-order valence-corrected chi connectivity index (χ3v) is 4.90. The lowest BCUT2D eigenvalue weighted by Gasteiger charge is -2.09. The number of hydrogen-bond acceptors (Lipinski definition) is 4. The Bertz CT molecular complexity index is 792. The van der Waals surface area contributed by atoms with Crippen molar-refractivity contribution in [2.24, 2.45) is 7.05 Å². The highest BCUT2D eigenvalue weighted by Crippen LogP contribution is 2.33. The lowest BCUT2D eigenvalue weighted by Crippen LogP contribution is -2.26. The van der Waals surface area contributed by atoms with Gasteiger partial charge in [0.1, 0.15) is 5.03 Å². The van der Waals surface area contributed by atoms with E-state index in [1.807, 2.05) is 0 Å². The van der Waals surface area contributed by atoms with Crippen LogP contribution in [0, 0.1) is 13.8 Å². The highest BCUT2D eigenvalue weighted by atomic mass is 35.5. The van der Waals surface area contributed by atoms with Crippen LogP contribution in [0.3, 0.4) is 0 Å². The predicted octanol–water partition coefficient (Wildman–Crippen LogP) is 3.63. The number of nitrogens with zero attached hydrogens (tertiary/aromatic N) is 3. The summed E-state index contributed by atoms with van der Waals surface area (Å²) >= 11 is 7.01. The van der Waals surface area contributed by atoms with Crippen LogP contribution >= 0.6 is 23.4 Å². The highest BCUT2D eigenvalue weighted by Gasteiger charge is 2.31. The fraction of sp³-hybridized carbons (Fsp3) is 0.400. The van der Waals surface area contributed by atoms with Gasteiger partial charge < -0.3 is 5.32 Å². The van der Waals surface area contributed by atoms with Crippen molar-refractivity contribution in [2.75, 3.05) is 12.3 Å². The van der Waals surface area contributed by atoms with E-state index in [0.29, 0.717) is 23.6 Å². The van der Waals surface area contributed by atoms with Gasteiger partial charge in [0, 0.05) is 31.2 Å². The zero-order valence-corrected chi connectivity index (χ0v) is 15.3. The zero-order valence-electron chi connectivity index (χ0n) is 13.7. The number of aromatic nitrogens is 3. The van der Waals surface area contributed by atoms with Gasteiger partial charge in [-0.3, -0.25) is 9.48 Å². The standard InChI is InChI=1S/C15H16ClF3N4OS/c1-8-12(9(2)23(3)22-8)13(24)20-4-5-25-14-11(16)6-10(7-21-14)15(17,18)19/h6-7H,4-5H2,1-3H3,(H,20,24). The molecule has 2 rings (SSSR count). The molecule has 136 valence electrons. The lowest BCUT2D eigenvalue weighted by molar-refractivity contribution is -0.137. The Morgan fingerprint density at radius 3 is 2.60 bits per heavy atom. The highest BCUT2D eigenvalue weighted by molar-refractivity contribution is 7.99. The van der Waals surface area contributed by atoms with Gasteiger partial charge in [-0.1, -0.05) is 11.6 Å². The molecule has 0 bridgehead atoms. The average Bonchev–Trinajstić information content (AvgIpc) is 2.76. The van der Waals surface area contributed by atoms with Crippen LogP contribution in [0.5, 0.6) is 0 Å². The van der Waals surface area contributed by atoms with E-state index in [4.69, 9.17) is 11.6 Å². The molecule has 0 radical (unpaired) electrons. The van der Waals surface area contributed by atoms with Crippen molar-refractivity contribution in [1.29, 1.82) is 0 Å². The second-order valence-electron chi connectivity index (χ2n) is 5.28. The molecular formula is C15H16ClF3N4OS. The summed E-state index contributed by atoms with van der Waals surface area (Å²) in [5.74, 6) is 0.178.